The largest absolute Gasteiger partial charge is 0.397 e. The van der Waals surface area contributed by atoms with E-state index in [-0.39, 0.29) is 6.61 Å². The van der Waals surface area contributed by atoms with Crippen LogP contribution in [0.4, 0.5) is 11.9 Å². The van der Waals surface area contributed by atoms with Crippen LogP contribution in [0.25, 0.3) is 55.8 Å². The van der Waals surface area contributed by atoms with Crippen LogP contribution in [0.3, 0.4) is 0 Å². The molecule has 8 aromatic rings. The van der Waals surface area contributed by atoms with Crippen molar-refractivity contribution in [2.75, 3.05) is 30.3 Å². The van der Waals surface area contributed by atoms with Crippen LogP contribution in [0.15, 0.2) is 133 Å². The van der Waals surface area contributed by atoms with Crippen molar-refractivity contribution in [3.63, 3.8) is 0 Å². The fraction of sp³-hybridized carbons (Fsp3) is 0.163. The van der Waals surface area contributed by atoms with Crippen molar-refractivity contribution in [2.45, 2.75) is 27.2 Å². The van der Waals surface area contributed by atoms with E-state index in [1.807, 2.05) is 71.4 Å². The Labute approximate surface area is 303 Å². The maximum absolute atomic E-state index is 7.57. The van der Waals surface area contributed by atoms with Gasteiger partial charge in [-0.05, 0) is 50.5 Å². The molecule has 9 heteroatoms. The molecule has 0 saturated carbocycles. The normalized spacial score (nSPS) is 11.0. The number of nitrogens with zero attached hydrogens (tertiary/aromatic N) is 6. The van der Waals surface area contributed by atoms with Crippen LogP contribution in [0, 0.1) is 13.8 Å². The third kappa shape index (κ3) is 7.12. The number of hydrogen-bond acceptors (Lipinski definition) is 7. The topological polar surface area (TPSA) is 105 Å². The Hall–Kier alpha value is -6.32. The Balaban J connectivity index is 0.00000136. The second-order valence-electron chi connectivity index (χ2n) is 12.5. The number of anilines is 2. The average molecular weight is 687 g/mol. The van der Waals surface area contributed by atoms with Crippen molar-refractivity contribution in [1.29, 1.82) is 0 Å². The highest BCUT2D eigenvalue weighted by Gasteiger charge is 2.21. The molecule has 0 spiro atoms. The summed E-state index contributed by atoms with van der Waals surface area (Å²) in [6.07, 6.45) is 0.819. The summed E-state index contributed by atoms with van der Waals surface area (Å²) in [4.78, 5) is 10.2. The van der Waals surface area contributed by atoms with E-state index in [4.69, 9.17) is 25.3 Å². The molecule has 0 aliphatic carbocycles. The zero-order valence-corrected chi connectivity index (χ0v) is 29.7. The number of rotatable bonds is 10. The van der Waals surface area contributed by atoms with Crippen LogP contribution >= 0.6 is 0 Å². The van der Waals surface area contributed by atoms with Gasteiger partial charge in [-0.2, -0.15) is 19.2 Å². The molecule has 4 aromatic carbocycles. The van der Waals surface area contributed by atoms with Crippen LogP contribution in [-0.2, 0) is 0 Å². The molecule has 0 aliphatic rings. The third-order valence-corrected chi connectivity index (χ3v) is 8.62. The lowest BCUT2D eigenvalue weighted by Gasteiger charge is -2.10. The second-order valence-corrected chi connectivity index (χ2v) is 12.5. The molecule has 0 atom stereocenters. The summed E-state index contributed by atoms with van der Waals surface area (Å²) in [5, 5.41) is 24.6. The lowest BCUT2D eigenvalue weighted by atomic mass is 10.0. The Morgan fingerprint density at radius 3 is 1.19 bits per heavy atom. The quantitative estimate of drug-likeness (QED) is 0.123. The maximum Gasteiger partial charge on any atom is 0.225 e. The van der Waals surface area contributed by atoms with E-state index in [0.29, 0.717) is 13.1 Å². The van der Waals surface area contributed by atoms with Gasteiger partial charge >= 0.3 is 0 Å². The van der Waals surface area contributed by atoms with Crippen LogP contribution in [-0.4, -0.2) is 54.0 Å². The van der Waals surface area contributed by atoms with Crippen molar-refractivity contribution in [3.8, 4) is 44.8 Å². The molecular formula is C43H42N8O. The number of aliphatic hydroxyl groups is 1. The van der Waals surface area contributed by atoms with Crippen LogP contribution in [0.1, 0.15) is 24.7 Å². The first-order valence-electron chi connectivity index (χ1n) is 17.7. The fourth-order valence-electron chi connectivity index (χ4n) is 6.42. The number of nitrogens with one attached hydrogen (secondary N) is 2. The van der Waals surface area contributed by atoms with Crippen LogP contribution < -0.4 is 10.6 Å². The number of hydrogen-bond donors (Lipinski definition) is 3. The SMILES string of the molecule is CCO.Cc1cc(-c2ccccc2)c2c(-c3ccccc3)nc(NCCCNc3nc(-c4ccccc4)c4c(-c5ccccc5)cc(C)nn34)n2n1. The van der Waals surface area contributed by atoms with Gasteiger partial charge in [-0.3, -0.25) is 0 Å². The van der Waals surface area contributed by atoms with Crippen molar-refractivity contribution in [1.82, 2.24) is 29.2 Å². The first-order valence-corrected chi connectivity index (χ1v) is 17.7. The summed E-state index contributed by atoms with van der Waals surface area (Å²) < 4.78 is 3.92. The van der Waals surface area contributed by atoms with Gasteiger partial charge < -0.3 is 15.7 Å². The summed E-state index contributed by atoms with van der Waals surface area (Å²) in [6, 6.07) is 45.8. The minimum atomic E-state index is 0.250. The Kier molecular flexibility index (Phi) is 10.3. The fourth-order valence-corrected chi connectivity index (χ4v) is 6.42. The van der Waals surface area contributed by atoms with E-state index >= 15 is 0 Å². The van der Waals surface area contributed by atoms with Gasteiger partial charge in [0.15, 0.2) is 0 Å². The van der Waals surface area contributed by atoms with Crippen molar-refractivity contribution in [2.24, 2.45) is 0 Å². The molecule has 4 heterocycles. The van der Waals surface area contributed by atoms with E-state index < -0.39 is 0 Å². The lowest BCUT2D eigenvalue weighted by Crippen LogP contribution is -2.13. The highest BCUT2D eigenvalue weighted by Crippen LogP contribution is 2.36. The molecule has 0 unspecified atom stereocenters. The molecule has 0 radical (unpaired) electrons. The van der Waals surface area contributed by atoms with Gasteiger partial charge in [0.05, 0.1) is 11.4 Å². The summed E-state index contributed by atoms with van der Waals surface area (Å²) in [7, 11) is 0. The summed E-state index contributed by atoms with van der Waals surface area (Å²) >= 11 is 0. The van der Waals surface area contributed by atoms with E-state index in [2.05, 4.69) is 95.6 Å². The van der Waals surface area contributed by atoms with Gasteiger partial charge in [-0.25, -0.2) is 9.97 Å². The molecule has 9 nitrogen and oxygen atoms in total. The average Bonchev–Trinajstić information content (AvgIpc) is 3.74. The smallest absolute Gasteiger partial charge is 0.225 e. The molecule has 0 saturated heterocycles. The monoisotopic (exact) mass is 686 g/mol. The van der Waals surface area contributed by atoms with Crippen molar-refractivity contribution < 1.29 is 5.11 Å². The zero-order chi connectivity index (χ0) is 35.9. The second kappa shape index (κ2) is 15.7. The van der Waals surface area contributed by atoms with Gasteiger partial charge in [-0.15, -0.1) is 0 Å². The molecule has 260 valence electrons. The standard InChI is InChI=1S/C41H36N8.C2H6O/c1-28-26-34(30-16-7-3-8-17-30)38-36(32-20-11-5-12-21-32)44-40(48(38)46-28)42-24-15-25-43-41-45-37(33-22-13-6-14-23-33)39-35(27-29(2)47-49(39)41)31-18-9-4-10-19-31;1-2-3/h3-14,16-23,26-27H,15,24-25H2,1-2H3,(H,42,44)(H,43,45);3H,2H2,1H3. The van der Waals surface area contributed by atoms with Gasteiger partial charge in [0.25, 0.3) is 0 Å². The minimum Gasteiger partial charge on any atom is -0.397 e. The Morgan fingerprint density at radius 1 is 0.519 bits per heavy atom. The number of fused-ring (bicyclic) bond motifs is 2. The van der Waals surface area contributed by atoms with Gasteiger partial charge in [-0.1, -0.05) is 121 Å². The molecule has 0 bridgehead atoms. The number of benzene rings is 4. The summed E-state index contributed by atoms with van der Waals surface area (Å²) in [5.74, 6) is 1.44. The molecule has 0 fully saturated rings. The molecule has 0 aliphatic heterocycles. The number of aryl methyl sites for hydroxylation is 2. The predicted molar refractivity (Wildman–Crippen MR) is 212 cm³/mol. The number of imidazole rings is 2. The highest BCUT2D eigenvalue weighted by molar-refractivity contribution is 5.93. The molecule has 4 aromatic heterocycles. The van der Waals surface area contributed by atoms with Gasteiger partial charge in [0.2, 0.25) is 11.9 Å². The molecular weight excluding hydrogens is 645 g/mol. The van der Waals surface area contributed by atoms with E-state index in [1.165, 1.54) is 0 Å². The minimum absolute atomic E-state index is 0.250. The summed E-state index contributed by atoms with van der Waals surface area (Å²) in [5.41, 5.74) is 12.2. The van der Waals surface area contributed by atoms with Gasteiger partial charge in [0.1, 0.15) is 22.4 Å². The van der Waals surface area contributed by atoms with Crippen LogP contribution in [0.2, 0.25) is 0 Å². The Bertz CT molecular complexity index is 2220. The molecule has 52 heavy (non-hydrogen) atoms. The number of aromatic nitrogens is 6. The summed E-state index contributed by atoms with van der Waals surface area (Å²) in [6.45, 7) is 7.36. The first kappa shape index (κ1) is 34.1. The van der Waals surface area contributed by atoms with Crippen LogP contribution in [0.5, 0.6) is 0 Å². The maximum atomic E-state index is 7.57. The highest BCUT2D eigenvalue weighted by atomic mass is 16.2. The van der Waals surface area contributed by atoms with Crippen molar-refractivity contribution in [3.05, 3.63) is 145 Å². The van der Waals surface area contributed by atoms with Crippen molar-refractivity contribution >= 4 is 22.9 Å². The zero-order valence-electron chi connectivity index (χ0n) is 29.7. The number of aliphatic hydroxyl groups excluding tert-OH is 1. The van der Waals surface area contributed by atoms with Gasteiger partial charge in [0, 0.05) is 42.0 Å². The molecule has 8 rings (SSSR count). The van der Waals surface area contributed by atoms with E-state index in [9.17, 15) is 0 Å². The predicted octanol–water partition coefficient (Wildman–Crippen LogP) is 8.97. The van der Waals surface area contributed by atoms with E-state index in [1.54, 1.807) is 6.92 Å². The van der Waals surface area contributed by atoms with E-state index in [0.717, 1.165) is 85.5 Å². The molecule has 3 N–H and O–H groups in total. The Morgan fingerprint density at radius 2 is 0.846 bits per heavy atom. The lowest BCUT2D eigenvalue weighted by molar-refractivity contribution is 0.318. The molecule has 0 amide bonds. The first-order chi connectivity index (χ1) is 25.6. The third-order valence-electron chi connectivity index (χ3n) is 8.62.